The van der Waals surface area contributed by atoms with Crippen molar-refractivity contribution in [3.63, 3.8) is 0 Å². The molecule has 0 unspecified atom stereocenters. The Bertz CT molecular complexity index is 601. The van der Waals surface area contributed by atoms with E-state index in [-0.39, 0.29) is 11.8 Å². The fourth-order valence-corrected chi connectivity index (χ4v) is 3.64. The summed E-state index contributed by atoms with van der Waals surface area (Å²) < 4.78 is 30.5. The van der Waals surface area contributed by atoms with Gasteiger partial charge in [-0.15, -0.1) is 0 Å². The molecular formula is C13H21N3O4S. The Hall–Kier alpha value is -1.41. The predicted octanol–water partition coefficient (Wildman–Crippen LogP) is 1.37. The fourth-order valence-electron chi connectivity index (χ4n) is 2.32. The first-order chi connectivity index (χ1) is 9.80. The summed E-state index contributed by atoms with van der Waals surface area (Å²) in [5.74, 6) is 0.698. The first-order valence-corrected chi connectivity index (χ1v) is 8.54. The largest absolute Gasteiger partial charge is 0.360 e. The van der Waals surface area contributed by atoms with E-state index < -0.39 is 15.3 Å². The quantitative estimate of drug-likeness (QED) is 0.906. The molecule has 7 nitrogen and oxygen atoms in total. The van der Waals surface area contributed by atoms with Gasteiger partial charge in [0.2, 0.25) is 15.9 Å². The number of hydrogen-bond acceptors (Lipinski definition) is 5. The number of hydrogen-bond donors (Lipinski definition) is 1. The molecule has 1 N–H and O–H groups in total. The lowest BCUT2D eigenvalue weighted by Gasteiger charge is -2.31. The smallest absolute Gasteiger partial charge is 0.228 e. The van der Waals surface area contributed by atoms with Crippen molar-refractivity contribution in [2.24, 2.45) is 5.92 Å². The molecule has 0 aliphatic carbocycles. The molecule has 21 heavy (non-hydrogen) atoms. The number of piperidine rings is 1. The number of rotatable bonds is 4. The van der Waals surface area contributed by atoms with Crippen molar-refractivity contribution in [2.45, 2.75) is 38.9 Å². The van der Waals surface area contributed by atoms with Gasteiger partial charge in [0.15, 0.2) is 5.82 Å². The molecule has 1 fully saturated rings. The third kappa shape index (κ3) is 3.62. The minimum atomic E-state index is -3.23. The number of anilines is 1. The normalized spacial score (nSPS) is 18.1. The lowest BCUT2D eigenvalue weighted by Crippen LogP contribution is -2.44. The van der Waals surface area contributed by atoms with Gasteiger partial charge in [-0.25, -0.2) is 12.7 Å². The van der Waals surface area contributed by atoms with Crippen LogP contribution in [0, 0.1) is 12.8 Å². The Labute approximate surface area is 124 Å². The van der Waals surface area contributed by atoms with Crippen LogP contribution in [0.25, 0.3) is 0 Å². The maximum atomic E-state index is 12.1. The average molecular weight is 315 g/mol. The van der Waals surface area contributed by atoms with Crippen LogP contribution in [-0.4, -0.2) is 42.1 Å². The molecular weight excluding hydrogens is 294 g/mol. The highest BCUT2D eigenvalue weighted by Gasteiger charge is 2.32. The monoisotopic (exact) mass is 315 g/mol. The van der Waals surface area contributed by atoms with Gasteiger partial charge in [-0.1, -0.05) is 5.16 Å². The summed E-state index contributed by atoms with van der Waals surface area (Å²) in [7, 11) is -3.23. The van der Waals surface area contributed by atoms with Gasteiger partial charge >= 0.3 is 0 Å². The zero-order chi connectivity index (χ0) is 15.6. The molecule has 0 bridgehead atoms. The summed E-state index contributed by atoms with van der Waals surface area (Å²) in [5, 5.41) is 5.98. The molecule has 2 rings (SSSR count). The molecule has 118 valence electrons. The van der Waals surface area contributed by atoms with Crippen molar-refractivity contribution in [2.75, 3.05) is 18.4 Å². The predicted molar refractivity (Wildman–Crippen MR) is 78.2 cm³/mol. The zero-order valence-electron chi connectivity index (χ0n) is 12.5. The molecule has 1 saturated heterocycles. The standard InChI is InChI=1S/C13H21N3O4S/c1-9(2)21(18,19)16-6-4-11(5-7-16)13(17)14-12-8-10(3)20-15-12/h8-9,11H,4-7H2,1-3H3,(H,14,15,17). The third-order valence-electron chi connectivity index (χ3n) is 3.66. The van der Waals surface area contributed by atoms with Crippen LogP contribution in [0.2, 0.25) is 0 Å². The van der Waals surface area contributed by atoms with Crippen molar-refractivity contribution >= 4 is 21.7 Å². The van der Waals surface area contributed by atoms with Crippen LogP contribution >= 0.6 is 0 Å². The molecule has 2 heterocycles. The molecule has 1 aliphatic heterocycles. The Morgan fingerprint density at radius 3 is 2.52 bits per heavy atom. The molecule has 1 aromatic rings. The molecule has 0 saturated carbocycles. The number of carbonyl (C=O) groups excluding carboxylic acids is 1. The van der Waals surface area contributed by atoms with Crippen LogP contribution in [0.3, 0.4) is 0 Å². The highest BCUT2D eigenvalue weighted by Crippen LogP contribution is 2.23. The highest BCUT2D eigenvalue weighted by molar-refractivity contribution is 7.89. The van der Waals surface area contributed by atoms with Crippen LogP contribution in [0.5, 0.6) is 0 Å². The van der Waals surface area contributed by atoms with E-state index >= 15 is 0 Å². The third-order valence-corrected chi connectivity index (χ3v) is 5.94. The summed E-state index contributed by atoms with van der Waals surface area (Å²) in [6.45, 7) is 5.85. The number of nitrogens with one attached hydrogen (secondary N) is 1. The molecule has 0 aromatic carbocycles. The van der Waals surface area contributed by atoms with Crippen molar-refractivity contribution in [3.05, 3.63) is 11.8 Å². The maximum absolute atomic E-state index is 12.1. The molecule has 0 atom stereocenters. The number of nitrogens with zero attached hydrogens (tertiary/aromatic N) is 2. The minimum absolute atomic E-state index is 0.134. The lowest BCUT2D eigenvalue weighted by atomic mass is 9.97. The molecule has 0 radical (unpaired) electrons. The van der Waals surface area contributed by atoms with E-state index in [4.69, 9.17) is 4.52 Å². The van der Waals surface area contributed by atoms with Gasteiger partial charge in [0, 0.05) is 25.1 Å². The molecule has 8 heteroatoms. The maximum Gasteiger partial charge on any atom is 0.228 e. The molecule has 1 aromatic heterocycles. The highest BCUT2D eigenvalue weighted by atomic mass is 32.2. The van der Waals surface area contributed by atoms with Crippen molar-refractivity contribution in [3.8, 4) is 0 Å². The van der Waals surface area contributed by atoms with E-state index in [2.05, 4.69) is 10.5 Å². The second-order valence-corrected chi connectivity index (χ2v) is 8.07. The number of carbonyl (C=O) groups is 1. The SMILES string of the molecule is Cc1cc(NC(=O)C2CCN(S(=O)(=O)C(C)C)CC2)no1. The van der Waals surface area contributed by atoms with E-state index in [1.165, 1.54) is 4.31 Å². The number of aromatic nitrogens is 1. The van der Waals surface area contributed by atoms with Gasteiger partial charge in [0.1, 0.15) is 5.76 Å². The lowest BCUT2D eigenvalue weighted by molar-refractivity contribution is -0.120. The van der Waals surface area contributed by atoms with E-state index in [0.717, 1.165) is 0 Å². The number of amides is 1. The van der Waals surface area contributed by atoms with Crippen LogP contribution in [-0.2, 0) is 14.8 Å². The Balaban J connectivity index is 1.90. The second kappa shape index (κ2) is 6.15. The summed E-state index contributed by atoms with van der Waals surface area (Å²) in [5.41, 5.74) is 0. The first kappa shape index (κ1) is 16.0. The van der Waals surface area contributed by atoms with Gasteiger partial charge in [-0.2, -0.15) is 0 Å². The number of aryl methyl sites for hydroxylation is 1. The van der Waals surface area contributed by atoms with Gasteiger partial charge in [-0.05, 0) is 33.6 Å². The molecule has 1 aliphatic rings. The van der Waals surface area contributed by atoms with E-state index in [1.54, 1.807) is 26.8 Å². The minimum Gasteiger partial charge on any atom is -0.360 e. The Morgan fingerprint density at radius 2 is 2.05 bits per heavy atom. The Morgan fingerprint density at radius 1 is 1.43 bits per heavy atom. The van der Waals surface area contributed by atoms with Crippen LogP contribution in [0.1, 0.15) is 32.4 Å². The van der Waals surface area contributed by atoms with Crippen molar-refractivity contribution < 1.29 is 17.7 Å². The van der Waals surface area contributed by atoms with E-state index in [0.29, 0.717) is 37.5 Å². The summed E-state index contributed by atoms with van der Waals surface area (Å²) >= 11 is 0. The van der Waals surface area contributed by atoms with E-state index in [1.807, 2.05) is 0 Å². The van der Waals surface area contributed by atoms with Crippen LogP contribution in [0.15, 0.2) is 10.6 Å². The van der Waals surface area contributed by atoms with Crippen molar-refractivity contribution in [1.82, 2.24) is 9.46 Å². The van der Waals surface area contributed by atoms with Gasteiger partial charge < -0.3 is 9.84 Å². The molecule has 1 amide bonds. The first-order valence-electron chi connectivity index (χ1n) is 7.04. The van der Waals surface area contributed by atoms with Crippen LogP contribution in [0.4, 0.5) is 5.82 Å². The fraction of sp³-hybridized carbons (Fsp3) is 0.692. The molecule has 0 spiro atoms. The van der Waals surface area contributed by atoms with E-state index in [9.17, 15) is 13.2 Å². The second-order valence-electron chi connectivity index (χ2n) is 5.58. The number of sulfonamides is 1. The topological polar surface area (TPSA) is 92.5 Å². The van der Waals surface area contributed by atoms with Crippen LogP contribution < -0.4 is 5.32 Å². The van der Waals surface area contributed by atoms with Gasteiger partial charge in [0.05, 0.1) is 5.25 Å². The zero-order valence-corrected chi connectivity index (χ0v) is 13.3. The Kier molecular flexibility index (Phi) is 4.67. The van der Waals surface area contributed by atoms with Gasteiger partial charge in [-0.3, -0.25) is 4.79 Å². The average Bonchev–Trinajstić information content (AvgIpc) is 2.84. The summed E-state index contributed by atoms with van der Waals surface area (Å²) in [4.78, 5) is 12.1. The van der Waals surface area contributed by atoms with Gasteiger partial charge in [0.25, 0.3) is 0 Å². The van der Waals surface area contributed by atoms with Crippen molar-refractivity contribution in [1.29, 1.82) is 0 Å². The summed E-state index contributed by atoms with van der Waals surface area (Å²) in [6, 6.07) is 1.65. The summed E-state index contributed by atoms with van der Waals surface area (Å²) in [6.07, 6.45) is 1.04.